The zero-order chi connectivity index (χ0) is 29.0. The van der Waals surface area contributed by atoms with Gasteiger partial charge < -0.3 is 0 Å². The zero-order valence-electron chi connectivity index (χ0n) is 24.9. The SMILES string of the molecule is Cc1cc(C)c2c3c1-c1cccc[n+]1CC1=C(c4ccccc4-c4c(C)cc(C)c([n+]4-3)-c3ccccc31)[n+]1ccccc1-2. The highest BCUT2D eigenvalue weighted by molar-refractivity contribution is 5.98. The van der Waals surface area contributed by atoms with Crippen molar-refractivity contribution in [2.24, 2.45) is 0 Å². The highest BCUT2D eigenvalue weighted by atomic mass is 15.1. The summed E-state index contributed by atoms with van der Waals surface area (Å²) in [6.07, 6.45) is 4.53. The number of aryl methyl sites for hydroxylation is 4. The molecule has 3 aromatic heterocycles. The van der Waals surface area contributed by atoms with Crippen LogP contribution in [-0.2, 0) is 6.54 Å². The molecule has 4 aliphatic heterocycles. The van der Waals surface area contributed by atoms with Gasteiger partial charge >= 0.3 is 0 Å². The standard InChI is InChI=1S/C40H32N3/c1-24-21-25(2)36-34-18-10-12-20-42(34)39-31-16-8-7-15-30(31)38-27(4)22-26(3)37-29-14-6-5-13-28(29)32(39)23-41-19-11-9-17-33(41)35(24)40(36)43(37)38/h5-22H,23H2,1-4H3/q+3. The van der Waals surface area contributed by atoms with Crippen molar-refractivity contribution in [3.8, 4) is 50.7 Å². The maximum Gasteiger partial charge on any atom is 0.240 e. The molecule has 10 rings (SSSR count). The Morgan fingerprint density at radius 1 is 0.512 bits per heavy atom. The molecule has 0 radical (unpaired) electrons. The summed E-state index contributed by atoms with van der Waals surface area (Å²) < 4.78 is 7.58. The minimum atomic E-state index is 0.744. The first-order valence-electron chi connectivity index (χ1n) is 15.2. The van der Waals surface area contributed by atoms with Crippen LogP contribution in [0.5, 0.6) is 0 Å². The maximum absolute atomic E-state index is 2.64. The Bertz CT molecular complexity index is 2250. The number of rotatable bonds is 0. The Morgan fingerprint density at radius 2 is 1.05 bits per heavy atom. The fraction of sp³-hybridized carbons (Fsp3) is 0.125. The van der Waals surface area contributed by atoms with E-state index < -0.39 is 0 Å². The lowest BCUT2D eigenvalue weighted by atomic mass is 9.87. The van der Waals surface area contributed by atoms with Gasteiger partial charge in [0.25, 0.3) is 0 Å². The van der Waals surface area contributed by atoms with Crippen molar-refractivity contribution in [3.05, 3.63) is 143 Å². The van der Waals surface area contributed by atoms with Crippen molar-refractivity contribution < 1.29 is 13.7 Å². The molecular weight excluding hydrogens is 522 g/mol. The van der Waals surface area contributed by atoms with Crippen LogP contribution in [-0.4, -0.2) is 0 Å². The Labute approximate surface area is 252 Å². The molecule has 0 saturated carbocycles. The van der Waals surface area contributed by atoms with Crippen LogP contribution >= 0.6 is 0 Å². The van der Waals surface area contributed by atoms with E-state index in [2.05, 4.69) is 151 Å². The second-order valence-corrected chi connectivity index (χ2v) is 12.2. The van der Waals surface area contributed by atoms with Gasteiger partial charge in [-0.2, -0.15) is 13.7 Å². The number of allylic oxidation sites excluding steroid dienone is 1. The third-order valence-electron chi connectivity index (χ3n) is 9.66. The molecule has 0 aliphatic carbocycles. The first kappa shape index (κ1) is 24.4. The van der Waals surface area contributed by atoms with Gasteiger partial charge in [0.15, 0.2) is 18.9 Å². The minimum absolute atomic E-state index is 0.744. The van der Waals surface area contributed by atoms with Crippen molar-refractivity contribution in [2.75, 3.05) is 0 Å². The second kappa shape index (κ2) is 8.68. The summed E-state index contributed by atoms with van der Waals surface area (Å²) in [5, 5.41) is 0. The molecule has 0 unspecified atom stereocenters. The molecule has 3 aromatic carbocycles. The number of hydrogen-bond donors (Lipinski definition) is 0. The van der Waals surface area contributed by atoms with E-state index in [1.807, 2.05) is 0 Å². The van der Waals surface area contributed by atoms with Crippen molar-refractivity contribution in [1.29, 1.82) is 0 Å². The van der Waals surface area contributed by atoms with Crippen LogP contribution in [0.4, 0.5) is 0 Å². The van der Waals surface area contributed by atoms with Gasteiger partial charge in [-0.05, 0) is 75.2 Å². The van der Waals surface area contributed by atoms with Gasteiger partial charge in [0.2, 0.25) is 34.2 Å². The first-order valence-corrected chi connectivity index (χ1v) is 15.2. The molecule has 204 valence electrons. The summed E-state index contributed by atoms with van der Waals surface area (Å²) in [5.41, 5.74) is 21.6. The van der Waals surface area contributed by atoms with E-state index in [1.165, 1.54) is 95.4 Å². The van der Waals surface area contributed by atoms with Gasteiger partial charge in [0.05, 0.1) is 22.3 Å². The lowest BCUT2D eigenvalue weighted by Gasteiger charge is -2.22. The molecule has 4 aliphatic rings. The molecule has 3 heteroatoms. The van der Waals surface area contributed by atoms with E-state index in [-0.39, 0.29) is 0 Å². The van der Waals surface area contributed by atoms with Crippen molar-refractivity contribution in [2.45, 2.75) is 34.2 Å². The largest absolute Gasteiger partial charge is 0.240 e. The molecule has 6 aromatic rings. The van der Waals surface area contributed by atoms with Crippen molar-refractivity contribution in [3.63, 3.8) is 0 Å². The smallest absolute Gasteiger partial charge is 0.193 e. The molecule has 3 nitrogen and oxygen atoms in total. The van der Waals surface area contributed by atoms with Gasteiger partial charge in [-0.25, -0.2) is 0 Å². The molecule has 43 heavy (non-hydrogen) atoms. The molecule has 0 saturated heterocycles. The monoisotopic (exact) mass is 554 g/mol. The van der Waals surface area contributed by atoms with Gasteiger partial charge in [-0.1, -0.05) is 36.4 Å². The van der Waals surface area contributed by atoms with Gasteiger partial charge in [0, 0.05) is 41.0 Å². The Hall–Kier alpha value is -5.15. The molecule has 0 amide bonds. The average molecular weight is 555 g/mol. The maximum atomic E-state index is 2.64. The molecule has 7 heterocycles. The van der Waals surface area contributed by atoms with Crippen LogP contribution < -0.4 is 13.7 Å². The Kier molecular flexibility index (Phi) is 4.94. The summed E-state index contributed by atoms with van der Waals surface area (Å²) in [6.45, 7) is 9.90. The van der Waals surface area contributed by atoms with E-state index in [1.54, 1.807) is 0 Å². The van der Waals surface area contributed by atoms with Crippen LogP contribution in [0, 0.1) is 27.7 Å². The summed E-state index contributed by atoms with van der Waals surface area (Å²) in [4.78, 5) is 0. The third-order valence-corrected chi connectivity index (χ3v) is 9.66. The second-order valence-electron chi connectivity index (χ2n) is 12.2. The highest BCUT2D eigenvalue weighted by Gasteiger charge is 2.45. The van der Waals surface area contributed by atoms with E-state index in [0.29, 0.717) is 0 Å². The number of pyridine rings is 3. The van der Waals surface area contributed by atoms with E-state index >= 15 is 0 Å². The summed E-state index contributed by atoms with van der Waals surface area (Å²) in [7, 11) is 0. The van der Waals surface area contributed by atoms with Crippen LogP contribution in [0.3, 0.4) is 0 Å². The molecule has 0 N–H and O–H groups in total. The summed E-state index contributed by atoms with van der Waals surface area (Å²) >= 11 is 0. The van der Waals surface area contributed by atoms with Crippen LogP contribution in [0.2, 0.25) is 0 Å². The van der Waals surface area contributed by atoms with Crippen LogP contribution in [0.1, 0.15) is 33.4 Å². The van der Waals surface area contributed by atoms with Gasteiger partial charge in [-0.15, -0.1) is 0 Å². The third kappa shape index (κ3) is 3.17. The fourth-order valence-corrected chi connectivity index (χ4v) is 8.08. The first-order chi connectivity index (χ1) is 21.0. The zero-order valence-corrected chi connectivity index (χ0v) is 24.9. The molecule has 8 bridgehead atoms. The predicted octanol–water partition coefficient (Wildman–Crippen LogP) is 7.50. The van der Waals surface area contributed by atoms with Crippen molar-refractivity contribution in [1.82, 2.24) is 0 Å². The van der Waals surface area contributed by atoms with E-state index in [4.69, 9.17) is 0 Å². The van der Waals surface area contributed by atoms with Crippen molar-refractivity contribution >= 4 is 11.3 Å². The predicted molar refractivity (Wildman–Crippen MR) is 171 cm³/mol. The molecule has 0 atom stereocenters. The fourth-order valence-electron chi connectivity index (χ4n) is 8.08. The topological polar surface area (TPSA) is 11.6 Å². The van der Waals surface area contributed by atoms with Gasteiger partial charge in [0.1, 0.15) is 11.1 Å². The van der Waals surface area contributed by atoms with Crippen LogP contribution in [0.25, 0.3) is 62.0 Å². The molecule has 0 spiro atoms. The number of nitrogens with zero attached hydrogens (tertiary/aromatic N) is 3. The number of aromatic nitrogens is 3. The number of benzene rings is 3. The quantitative estimate of drug-likeness (QED) is 0.172. The normalized spacial score (nSPS) is 13.4. The van der Waals surface area contributed by atoms with E-state index in [0.717, 1.165) is 6.54 Å². The Balaban J connectivity index is 1.74. The van der Waals surface area contributed by atoms with Gasteiger partial charge in [-0.3, -0.25) is 0 Å². The molecule has 0 fully saturated rings. The lowest BCUT2D eigenvalue weighted by molar-refractivity contribution is -0.674. The lowest BCUT2D eigenvalue weighted by Crippen LogP contribution is -2.45. The highest BCUT2D eigenvalue weighted by Crippen LogP contribution is 2.46. The minimum Gasteiger partial charge on any atom is -0.193 e. The summed E-state index contributed by atoms with van der Waals surface area (Å²) in [6, 6.07) is 36.3. The summed E-state index contributed by atoms with van der Waals surface area (Å²) in [5.74, 6) is 0. The van der Waals surface area contributed by atoms with Crippen LogP contribution in [0.15, 0.2) is 109 Å². The molecular formula is C40H32N3+3. The number of hydrogen-bond acceptors (Lipinski definition) is 0. The Morgan fingerprint density at radius 3 is 1.77 bits per heavy atom. The van der Waals surface area contributed by atoms with E-state index in [9.17, 15) is 0 Å². The average Bonchev–Trinajstić information content (AvgIpc) is 3.06.